The Morgan fingerprint density at radius 1 is 1.32 bits per heavy atom. The highest BCUT2D eigenvalue weighted by Crippen LogP contribution is 2.23. The Labute approximate surface area is 114 Å². The van der Waals surface area contributed by atoms with Crippen molar-refractivity contribution in [3.05, 3.63) is 35.4 Å². The van der Waals surface area contributed by atoms with Crippen molar-refractivity contribution in [2.75, 3.05) is 19.7 Å². The van der Waals surface area contributed by atoms with Crippen molar-refractivity contribution in [1.29, 1.82) is 0 Å². The number of aliphatic hydroxyl groups excluding tert-OH is 1. The number of hydrogen-bond donors (Lipinski definition) is 3. The Kier molecular flexibility index (Phi) is 5.36. The van der Waals surface area contributed by atoms with Crippen LogP contribution in [-0.4, -0.2) is 30.7 Å². The van der Waals surface area contributed by atoms with Gasteiger partial charge in [-0.3, -0.25) is 4.79 Å². The molecule has 1 aromatic carbocycles. The van der Waals surface area contributed by atoms with E-state index in [1.54, 1.807) is 0 Å². The van der Waals surface area contributed by atoms with Crippen LogP contribution in [0, 0.1) is 0 Å². The molecule has 1 aliphatic heterocycles. The molecule has 1 amide bonds. The fourth-order valence-electron chi connectivity index (χ4n) is 2.48. The van der Waals surface area contributed by atoms with Gasteiger partial charge in [0.15, 0.2) is 0 Å². The number of nitrogens with one attached hydrogen (secondary N) is 2. The molecule has 1 aromatic rings. The summed E-state index contributed by atoms with van der Waals surface area (Å²) >= 11 is 0. The van der Waals surface area contributed by atoms with E-state index in [1.807, 2.05) is 18.2 Å². The van der Waals surface area contributed by atoms with E-state index in [-0.39, 0.29) is 18.4 Å². The highest BCUT2D eigenvalue weighted by atomic mass is 16.2. The van der Waals surface area contributed by atoms with Crippen LogP contribution in [0.4, 0.5) is 0 Å². The molecule has 3 N–H and O–H groups in total. The average molecular weight is 262 g/mol. The summed E-state index contributed by atoms with van der Waals surface area (Å²) in [7, 11) is 0. The minimum Gasteiger partial charge on any atom is -0.396 e. The van der Waals surface area contributed by atoms with E-state index in [0.29, 0.717) is 13.1 Å². The molecule has 1 unspecified atom stereocenters. The van der Waals surface area contributed by atoms with Gasteiger partial charge in [-0.05, 0) is 30.4 Å². The second kappa shape index (κ2) is 7.26. The predicted molar refractivity (Wildman–Crippen MR) is 74.8 cm³/mol. The molecule has 4 nitrogen and oxygen atoms in total. The van der Waals surface area contributed by atoms with Crippen molar-refractivity contribution in [3.8, 4) is 0 Å². The number of amides is 1. The minimum atomic E-state index is -0.0807. The molecule has 0 spiro atoms. The third kappa shape index (κ3) is 3.78. The van der Waals surface area contributed by atoms with Crippen LogP contribution < -0.4 is 10.6 Å². The summed E-state index contributed by atoms with van der Waals surface area (Å²) in [5.74, 6) is 0.0199. The van der Waals surface area contributed by atoms with Crippen molar-refractivity contribution in [3.63, 3.8) is 0 Å². The van der Waals surface area contributed by atoms with E-state index >= 15 is 0 Å². The first-order chi connectivity index (χ1) is 9.33. The van der Waals surface area contributed by atoms with E-state index in [2.05, 4.69) is 16.7 Å². The Bertz CT molecular complexity index is 420. The van der Waals surface area contributed by atoms with Crippen LogP contribution in [0.1, 0.15) is 36.3 Å². The number of carbonyl (C=O) groups excluding carboxylic acids is 1. The largest absolute Gasteiger partial charge is 0.396 e. The van der Waals surface area contributed by atoms with Crippen LogP contribution in [0.15, 0.2) is 24.3 Å². The molecule has 0 bridgehead atoms. The lowest BCUT2D eigenvalue weighted by atomic mass is 9.90. The number of hydrogen-bond acceptors (Lipinski definition) is 3. The maximum atomic E-state index is 12.2. The van der Waals surface area contributed by atoms with Crippen LogP contribution >= 0.6 is 0 Å². The molecule has 0 radical (unpaired) electrons. The summed E-state index contributed by atoms with van der Waals surface area (Å²) in [6.07, 6.45) is 2.69. The van der Waals surface area contributed by atoms with Gasteiger partial charge in [-0.15, -0.1) is 0 Å². The van der Waals surface area contributed by atoms with Gasteiger partial charge in [0.05, 0.1) is 5.92 Å². The summed E-state index contributed by atoms with van der Waals surface area (Å²) in [6.45, 7) is 2.47. The number of aliphatic hydroxyl groups is 1. The molecule has 0 fully saturated rings. The Morgan fingerprint density at radius 2 is 2.16 bits per heavy atom. The molecular weight excluding hydrogens is 240 g/mol. The topological polar surface area (TPSA) is 61.4 Å². The maximum Gasteiger partial charge on any atom is 0.228 e. The lowest BCUT2D eigenvalue weighted by Crippen LogP contribution is -2.39. The zero-order chi connectivity index (χ0) is 13.5. The van der Waals surface area contributed by atoms with Crippen molar-refractivity contribution < 1.29 is 9.90 Å². The standard InChI is InChI=1S/C15H22N2O2/c18-9-5-1-4-8-17-15(19)14-11-16-10-12-6-2-3-7-13(12)14/h2-3,6-7,14,16,18H,1,4-5,8-11H2,(H,17,19). The van der Waals surface area contributed by atoms with Crippen molar-refractivity contribution in [1.82, 2.24) is 10.6 Å². The summed E-state index contributed by atoms with van der Waals surface area (Å²) in [4.78, 5) is 12.2. The quantitative estimate of drug-likeness (QED) is 0.674. The van der Waals surface area contributed by atoms with Crippen LogP contribution in [0.5, 0.6) is 0 Å². The second-order valence-electron chi connectivity index (χ2n) is 4.96. The number of carbonyl (C=O) groups is 1. The third-order valence-electron chi connectivity index (χ3n) is 3.55. The molecular formula is C15H22N2O2. The molecule has 2 rings (SSSR count). The SMILES string of the molecule is O=C(NCCCCCO)C1CNCc2ccccc21. The molecule has 1 atom stereocenters. The lowest BCUT2D eigenvalue weighted by Gasteiger charge is -2.25. The van der Waals surface area contributed by atoms with E-state index in [0.717, 1.165) is 31.4 Å². The first-order valence-electron chi connectivity index (χ1n) is 7.00. The van der Waals surface area contributed by atoms with Gasteiger partial charge < -0.3 is 15.7 Å². The molecule has 0 saturated carbocycles. The van der Waals surface area contributed by atoms with Crippen molar-refractivity contribution >= 4 is 5.91 Å². The van der Waals surface area contributed by atoms with Crippen molar-refractivity contribution in [2.45, 2.75) is 31.7 Å². The maximum absolute atomic E-state index is 12.2. The molecule has 19 heavy (non-hydrogen) atoms. The monoisotopic (exact) mass is 262 g/mol. The molecule has 0 saturated heterocycles. The Hall–Kier alpha value is -1.39. The van der Waals surface area contributed by atoms with Gasteiger partial charge in [-0.2, -0.15) is 0 Å². The summed E-state index contributed by atoms with van der Waals surface area (Å²) < 4.78 is 0. The van der Waals surface area contributed by atoms with E-state index in [1.165, 1.54) is 5.56 Å². The number of unbranched alkanes of at least 4 members (excludes halogenated alkanes) is 2. The highest BCUT2D eigenvalue weighted by Gasteiger charge is 2.25. The van der Waals surface area contributed by atoms with Gasteiger partial charge in [0.1, 0.15) is 0 Å². The summed E-state index contributed by atoms with van der Waals surface area (Å²) in [5, 5.41) is 15.0. The zero-order valence-corrected chi connectivity index (χ0v) is 11.2. The highest BCUT2D eigenvalue weighted by molar-refractivity contribution is 5.84. The minimum absolute atomic E-state index is 0.0807. The first-order valence-corrected chi connectivity index (χ1v) is 7.00. The van der Waals surface area contributed by atoms with Crippen LogP contribution in [0.3, 0.4) is 0 Å². The number of rotatable bonds is 6. The summed E-state index contributed by atoms with van der Waals surface area (Å²) in [6, 6.07) is 8.12. The van der Waals surface area contributed by atoms with Crippen LogP contribution in [0.2, 0.25) is 0 Å². The van der Waals surface area contributed by atoms with Crippen molar-refractivity contribution in [2.24, 2.45) is 0 Å². The lowest BCUT2D eigenvalue weighted by molar-refractivity contribution is -0.122. The molecule has 1 aliphatic rings. The molecule has 104 valence electrons. The Balaban J connectivity index is 1.86. The molecule has 0 aliphatic carbocycles. The Morgan fingerprint density at radius 3 is 3.00 bits per heavy atom. The fourth-order valence-corrected chi connectivity index (χ4v) is 2.48. The second-order valence-corrected chi connectivity index (χ2v) is 4.96. The zero-order valence-electron chi connectivity index (χ0n) is 11.2. The van der Waals surface area contributed by atoms with Gasteiger partial charge in [0.25, 0.3) is 0 Å². The average Bonchev–Trinajstić information content (AvgIpc) is 2.46. The first kappa shape index (κ1) is 14.0. The van der Waals surface area contributed by atoms with Crippen LogP contribution in [-0.2, 0) is 11.3 Å². The van der Waals surface area contributed by atoms with E-state index in [9.17, 15) is 4.79 Å². The smallest absolute Gasteiger partial charge is 0.228 e. The predicted octanol–water partition coefficient (Wildman–Crippen LogP) is 1.15. The molecule has 4 heteroatoms. The van der Waals surface area contributed by atoms with E-state index < -0.39 is 0 Å². The van der Waals surface area contributed by atoms with Gasteiger partial charge in [0.2, 0.25) is 5.91 Å². The third-order valence-corrected chi connectivity index (χ3v) is 3.55. The van der Waals surface area contributed by atoms with Gasteiger partial charge in [-0.1, -0.05) is 24.3 Å². The molecule has 0 aromatic heterocycles. The van der Waals surface area contributed by atoms with E-state index in [4.69, 9.17) is 5.11 Å². The van der Waals surface area contributed by atoms with Gasteiger partial charge in [-0.25, -0.2) is 0 Å². The normalized spacial score (nSPS) is 17.8. The number of benzene rings is 1. The van der Waals surface area contributed by atoms with Crippen LogP contribution in [0.25, 0.3) is 0 Å². The summed E-state index contributed by atoms with van der Waals surface area (Å²) in [5.41, 5.74) is 2.36. The van der Waals surface area contributed by atoms with Gasteiger partial charge in [0, 0.05) is 26.2 Å². The fraction of sp³-hybridized carbons (Fsp3) is 0.533. The van der Waals surface area contributed by atoms with Gasteiger partial charge >= 0.3 is 0 Å². The number of fused-ring (bicyclic) bond motifs is 1. The molecule has 1 heterocycles.